The predicted octanol–water partition coefficient (Wildman–Crippen LogP) is 3.09. The summed E-state index contributed by atoms with van der Waals surface area (Å²) >= 11 is 1.42. The number of fused-ring (bicyclic) bond motifs is 1. The fourth-order valence-electron chi connectivity index (χ4n) is 3.84. The van der Waals surface area contributed by atoms with Gasteiger partial charge in [0.25, 0.3) is 0 Å². The van der Waals surface area contributed by atoms with Gasteiger partial charge in [-0.1, -0.05) is 37.1 Å². The molecule has 8 nitrogen and oxygen atoms in total. The summed E-state index contributed by atoms with van der Waals surface area (Å²) in [4.78, 5) is 14.7. The van der Waals surface area contributed by atoms with Crippen LogP contribution in [0, 0.1) is 0 Å². The molecular formula is C20H27N5O3S. The molecular weight excluding hydrogens is 390 g/mol. The molecule has 0 bridgehead atoms. The van der Waals surface area contributed by atoms with E-state index in [1.54, 1.807) is 0 Å². The average Bonchev–Trinajstić information content (AvgIpc) is 3.25. The van der Waals surface area contributed by atoms with Gasteiger partial charge in [-0.15, -0.1) is 5.10 Å². The number of ether oxygens (including phenoxy) is 2. The molecule has 4 rings (SSSR count). The van der Waals surface area contributed by atoms with Gasteiger partial charge in [-0.3, -0.25) is 4.79 Å². The zero-order chi connectivity index (χ0) is 20.1. The van der Waals surface area contributed by atoms with E-state index >= 15 is 0 Å². The minimum absolute atomic E-state index is 0.0746. The molecule has 1 aliphatic heterocycles. The molecule has 0 spiro atoms. The fraction of sp³-hybridized carbons (Fsp3) is 0.600. The standard InChI is InChI=1S/C20H27N5O3S/c1-2-24(13-15-8-9-17-18(12-15)28-11-10-27-17)19(26)14-29-20-21-22-23-25(20)16-6-4-3-5-7-16/h8-9,12,16H,2-7,10-11,13-14H2,1H3. The molecule has 0 N–H and O–H groups in total. The van der Waals surface area contributed by atoms with Crippen molar-refractivity contribution in [3.8, 4) is 11.5 Å². The van der Waals surface area contributed by atoms with Crippen LogP contribution in [0.2, 0.25) is 0 Å². The zero-order valence-electron chi connectivity index (χ0n) is 16.7. The zero-order valence-corrected chi connectivity index (χ0v) is 17.6. The molecule has 1 aliphatic carbocycles. The third-order valence-corrected chi connectivity index (χ3v) is 6.34. The third kappa shape index (κ3) is 4.83. The molecule has 0 saturated heterocycles. The molecule has 0 atom stereocenters. The van der Waals surface area contributed by atoms with Crippen molar-refractivity contribution in [3.63, 3.8) is 0 Å². The van der Waals surface area contributed by atoms with Crippen molar-refractivity contribution in [2.24, 2.45) is 0 Å². The summed E-state index contributed by atoms with van der Waals surface area (Å²) in [7, 11) is 0. The van der Waals surface area contributed by atoms with Crippen molar-refractivity contribution in [1.29, 1.82) is 0 Å². The molecule has 29 heavy (non-hydrogen) atoms. The van der Waals surface area contributed by atoms with Crippen LogP contribution in [0.3, 0.4) is 0 Å². The summed E-state index contributed by atoms with van der Waals surface area (Å²) in [6, 6.07) is 6.22. The second-order valence-corrected chi connectivity index (χ2v) is 8.31. The van der Waals surface area contributed by atoms with E-state index in [0.717, 1.165) is 35.1 Å². The number of nitrogens with zero attached hydrogens (tertiary/aromatic N) is 5. The van der Waals surface area contributed by atoms with Crippen molar-refractivity contribution < 1.29 is 14.3 Å². The molecule has 0 unspecified atom stereocenters. The molecule has 1 fully saturated rings. The number of carbonyl (C=O) groups excluding carboxylic acids is 1. The van der Waals surface area contributed by atoms with Gasteiger partial charge in [0.2, 0.25) is 11.1 Å². The highest BCUT2D eigenvalue weighted by atomic mass is 32.2. The largest absolute Gasteiger partial charge is 0.486 e. The lowest BCUT2D eigenvalue weighted by molar-refractivity contribution is -0.128. The minimum atomic E-state index is 0.0746. The van der Waals surface area contributed by atoms with Crippen molar-refractivity contribution in [1.82, 2.24) is 25.1 Å². The maximum atomic E-state index is 12.8. The molecule has 156 valence electrons. The lowest BCUT2D eigenvalue weighted by Gasteiger charge is -2.24. The number of hydrogen-bond acceptors (Lipinski definition) is 7. The van der Waals surface area contributed by atoms with E-state index in [0.29, 0.717) is 38.1 Å². The van der Waals surface area contributed by atoms with Crippen molar-refractivity contribution >= 4 is 17.7 Å². The van der Waals surface area contributed by atoms with Crippen LogP contribution in [0.15, 0.2) is 23.4 Å². The Labute approximate surface area is 174 Å². The first-order valence-corrected chi connectivity index (χ1v) is 11.3. The van der Waals surface area contributed by atoms with Crippen LogP contribution in [-0.2, 0) is 11.3 Å². The molecule has 1 amide bonds. The summed E-state index contributed by atoms with van der Waals surface area (Å²) in [5.74, 6) is 1.91. The van der Waals surface area contributed by atoms with Gasteiger partial charge in [0.1, 0.15) is 13.2 Å². The van der Waals surface area contributed by atoms with Crippen LogP contribution in [0.25, 0.3) is 0 Å². The highest BCUT2D eigenvalue weighted by Gasteiger charge is 2.22. The molecule has 2 heterocycles. The van der Waals surface area contributed by atoms with Crippen molar-refractivity contribution in [2.45, 2.75) is 56.8 Å². The van der Waals surface area contributed by atoms with E-state index in [9.17, 15) is 4.79 Å². The summed E-state index contributed by atoms with van der Waals surface area (Å²) in [6.45, 7) is 4.30. The first kappa shape index (κ1) is 20.0. The Hall–Kier alpha value is -2.29. The maximum Gasteiger partial charge on any atom is 0.233 e. The van der Waals surface area contributed by atoms with E-state index in [1.807, 2.05) is 34.7 Å². The number of carbonyl (C=O) groups is 1. The normalized spacial score (nSPS) is 16.6. The van der Waals surface area contributed by atoms with Crippen LogP contribution in [0.1, 0.15) is 50.6 Å². The molecule has 2 aromatic rings. The Morgan fingerprint density at radius 3 is 2.79 bits per heavy atom. The van der Waals surface area contributed by atoms with Crippen LogP contribution in [-0.4, -0.2) is 56.5 Å². The van der Waals surface area contributed by atoms with Crippen LogP contribution >= 0.6 is 11.8 Å². The Bertz CT molecular complexity index is 837. The monoisotopic (exact) mass is 417 g/mol. The van der Waals surface area contributed by atoms with E-state index in [2.05, 4.69) is 15.5 Å². The number of aromatic nitrogens is 4. The van der Waals surface area contributed by atoms with E-state index < -0.39 is 0 Å². The third-order valence-electron chi connectivity index (χ3n) is 5.42. The molecule has 0 radical (unpaired) electrons. The molecule has 1 aromatic heterocycles. The smallest absolute Gasteiger partial charge is 0.233 e. The second-order valence-electron chi connectivity index (χ2n) is 7.37. The number of hydrogen-bond donors (Lipinski definition) is 0. The minimum Gasteiger partial charge on any atom is -0.486 e. The topological polar surface area (TPSA) is 82.4 Å². The molecule has 9 heteroatoms. The van der Waals surface area contributed by atoms with E-state index in [4.69, 9.17) is 9.47 Å². The van der Waals surface area contributed by atoms with Gasteiger partial charge in [0, 0.05) is 13.1 Å². The van der Waals surface area contributed by atoms with Crippen LogP contribution in [0.5, 0.6) is 11.5 Å². The van der Waals surface area contributed by atoms with Gasteiger partial charge >= 0.3 is 0 Å². The van der Waals surface area contributed by atoms with E-state index in [-0.39, 0.29) is 5.91 Å². The molecule has 2 aliphatic rings. The summed E-state index contributed by atoms with van der Waals surface area (Å²) < 4.78 is 13.1. The quantitative estimate of drug-likeness (QED) is 0.640. The molecule has 1 saturated carbocycles. The lowest BCUT2D eigenvalue weighted by Crippen LogP contribution is -2.32. The summed E-state index contributed by atoms with van der Waals surface area (Å²) in [6.07, 6.45) is 5.93. The second kappa shape index (κ2) is 9.47. The van der Waals surface area contributed by atoms with Gasteiger partial charge in [-0.25, -0.2) is 4.68 Å². The summed E-state index contributed by atoms with van der Waals surface area (Å²) in [5, 5.41) is 12.9. The number of rotatable bonds is 7. The first-order valence-electron chi connectivity index (χ1n) is 10.3. The van der Waals surface area contributed by atoms with Gasteiger partial charge in [-0.05, 0) is 47.9 Å². The Morgan fingerprint density at radius 2 is 2.00 bits per heavy atom. The van der Waals surface area contributed by atoms with Gasteiger partial charge in [0.15, 0.2) is 11.5 Å². The lowest BCUT2D eigenvalue weighted by atomic mass is 9.96. The average molecular weight is 418 g/mol. The highest BCUT2D eigenvalue weighted by molar-refractivity contribution is 7.99. The van der Waals surface area contributed by atoms with E-state index in [1.165, 1.54) is 31.0 Å². The van der Waals surface area contributed by atoms with Crippen LogP contribution < -0.4 is 9.47 Å². The fourth-order valence-corrected chi connectivity index (χ4v) is 4.68. The maximum absolute atomic E-state index is 12.8. The van der Waals surface area contributed by atoms with Crippen LogP contribution in [0.4, 0.5) is 0 Å². The predicted molar refractivity (Wildman–Crippen MR) is 109 cm³/mol. The van der Waals surface area contributed by atoms with Gasteiger partial charge in [-0.2, -0.15) is 0 Å². The molecule has 1 aromatic carbocycles. The first-order chi connectivity index (χ1) is 14.2. The SMILES string of the molecule is CCN(Cc1ccc2c(c1)OCCO2)C(=O)CSc1nnnn1C1CCCCC1. The number of benzene rings is 1. The Balaban J connectivity index is 1.35. The Morgan fingerprint density at radius 1 is 1.21 bits per heavy atom. The number of amides is 1. The van der Waals surface area contributed by atoms with Crippen molar-refractivity contribution in [2.75, 3.05) is 25.5 Å². The van der Waals surface area contributed by atoms with Gasteiger partial charge in [0.05, 0.1) is 11.8 Å². The highest BCUT2D eigenvalue weighted by Crippen LogP contribution is 2.32. The summed E-state index contributed by atoms with van der Waals surface area (Å²) in [5.41, 5.74) is 1.03. The number of tetrazole rings is 1. The van der Waals surface area contributed by atoms with Gasteiger partial charge < -0.3 is 14.4 Å². The number of thioether (sulfide) groups is 1. The Kier molecular flexibility index (Phi) is 6.53. The van der Waals surface area contributed by atoms with Crippen molar-refractivity contribution in [3.05, 3.63) is 23.8 Å².